The predicted molar refractivity (Wildman–Crippen MR) is 111 cm³/mol. The molecule has 1 aromatic heterocycles. The van der Waals surface area contributed by atoms with Crippen LogP contribution < -0.4 is 14.2 Å². The molecule has 164 valence electrons. The Hall–Kier alpha value is -3.13. The smallest absolute Gasteiger partial charge is 0.454 e. The molecule has 5 nitrogen and oxygen atoms in total. The van der Waals surface area contributed by atoms with Gasteiger partial charge in [0.1, 0.15) is 0 Å². The van der Waals surface area contributed by atoms with E-state index < -0.39 is 17.5 Å². The van der Waals surface area contributed by atoms with E-state index in [0.717, 1.165) is 0 Å². The van der Waals surface area contributed by atoms with Crippen molar-refractivity contribution in [1.82, 2.24) is 4.57 Å². The van der Waals surface area contributed by atoms with Crippen LogP contribution in [-0.2, 0) is 0 Å². The molecule has 31 heavy (non-hydrogen) atoms. The second kappa shape index (κ2) is 8.55. The Labute approximate surface area is 181 Å². The summed E-state index contributed by atoms with van der Waals surface area (Å²) in [4.78, 5) is 12.4. The minimum absolute atomic E-state index is 0.0778. The summed E-state index contributed by atoms with van der Waals surface area (Å²) >= 11 is 5.93. The molecule has 0 spiro atoms. The van der Waals surface area contributed by atoms with Gasteiger partial charge in [0.2, 0.25) is 5.75 Å². The maximum atomic E-state index is 13.4. The zero-order valence-corrected chi connectivity index (χ0v) is 17.9. The number of Topliss-reactive ketones (excluding diaryl/α,β-unsaturated/α-hetero) is 1. The number of ether oxygens (including phenoxy) is 3. The van der Waals surface area contributed by atoms with Crippen molar-refractivity contribution in [1.29, 1.82) is 0 Å². The van der Waals surface area contributed by atoms with Gasteiger partial charge in [-0.15, -0.1) is 0 Å². The monoisotopic (exact) mass is 453 g/mol. The number of hydrogen-bond acceptors (Lipinski definition) is 4. The van der Waals surface area contributed by atoms with E-state index in [1.54, 1.807) is 24.3 Å². The number of carbonyl (C=O) groups excluding carboxylic acids is 1. The van der Waals surface area contributed by atoms with Gasteiger partial charge in [0, 0.05) is 28.2 Å². The Balaban J connectivity index is 2.32. The van der Waals surface area contributed by atoms with E-state index >= 15 is 0 Å². The highest BCUT2D eigenvalue weighted by Gasteiger charge is 2.42. The number of halogens is 4. The maximum absolute atomic E-state index is 13.4. The highest BCUT2D eigenvalue weighted by atomic mass is 35.5. The van der Waals surface area contributed by atoms with E-state index in [0.29, 0.717) is 16.3 Å². The molecule has 0 radical (unpaired) electrons. The fraction of sp³-hybridized carbons (Fsp3) is 0.227. The van der Waals surface area contributed by atoms with Gasteiger partial charge in [-0.1, -0.05) is 11.6 Å². The standard InChI is InChI=1S/C22H19ClF3NO4/c1-12-19(21(28)22(24,25)26)16(11-27(12)15-7-5-14(23)6-8-15)13-9-17(29-2)20(31-4)18(10-13)30-3/h5-11H,1-4H3. The third-order valence-corrected chi connectivity index (χ3v) is 5.07. The van der Waals surface area contributed by atoms with Crippen LogP contribution in [0.1, 0.15) is 16.1 Å². The van der Waals surface area contributed by atoms with Crippen molar-refractivity contribution in [2.45, 2.75) is 13.1 Å². The molecule has 0 saturated carbocycles. The Morgan fingerprint density at radius 3 is 1.97 bits per heavy atom. The summed E-state index contributed by atoms with van der Waals surface area (Å²) in [6, 6.07) is 9.51. The van der Waals surface area contributed by atoms with E-state index in [2.05, 4.69) is 0 Å². The fourth-order valence-corrected chi connectivity index (χ4v) is 3.49. The molecule has 0 unspecified atom stereocenters. The van der Waals surface area contributed by atoms with Gasteiger partial charge >= 0.3 is 6.18 Å². The van der Waals surface area contributed by atoms with Crippen molar-refractivity contribution in [3.8, 4) is 34.1 Å². The number of nitrogens with zero attached hydrogens (tertiary/aromatic N) is 1. The summed E-state index contributed by atoms with van der Waals surface area (Å²) in [6.45, 7) is 1.45. The number of ketones is 1. The van der Waals surface area contributed by atoms with Gasteiger partial charge in [0.05, 0.1) is 26.9 Å². The molecule has 3 aromatic rings. The van der Waals surface area contributed by atoms with E-state index in [9.17, 15) is 18.0 Å². The van der Waals surface area contributed by atoms with Gasteiger partial charge in [-0.3, -0.25) is 4.79 Å². The SMILES string of the molecule is COc1cc(-c2cn(-c3ccc(Cl)cc3)c(C)c2C(=O)C(F)(F)F)cc(OC)c1OC. The molecule has 0 amide bonds. The number of alkyl halides is 3. The van der Waals surface area contributed by atoms with Crippen molar-refractivity contribution < 1.29 is 32.2 Å². The minimum Gasteiger partial charge on any atom is -0.493 e. The van der Waals surface area contributed by atoms with Gasteiger partial charge in [0.25, 0.3) is 5.78 Å². The first-order valence-electron chi connectivity index (χ1n) is 9.02. The molecule has 9 heteroatoms. The largest absolute Gasteiger partial charge is 0.493 e. The lowest BCUT2D eigenvalue weighted by Crippen LogP contribution is -2.24. The Bertz CT molecular complexity index is 1100. The molecule has 0 aliphatic carbocycles. The minimum atomic E-state index is -5.05. The topological polar surface area (TPSA) is 49.7 Å². The average Bonchev–Trinajstić information content (AvgIpc) is 3.08. The summed E-state index contributed by atoms with van der Waals surface area (Å²) in [5, 5.41) is 0.477. The summed E-state index contributed by atoms with van der Waals surface area (Å²) in [7, 11) is 4.21. The van der Waals surface area contributed by atoms with Gasteiger partial charge in [-0.05, 0) is 48.9 Å². The molecule has 0 aliphatic heterocycles. The molecular formula is C22H19ClF3NO4. The Morgan fingerprint density at radius 2 is 1.52 bits per heavy atom. The lowest BCUT2D eigenvalue weighted by molar-refractivity contribution is -0.0885. The van der Waals surface area contributed by atoms with Crippen LogP contribution in [0, 0.1) is 6.92 Å². The van der Waals surface area contributed by atoms with Crippen LogP contribution in [0.4, 0.5) is 13.2 Å². The fourth-order valence-electron chi connectivity index (χ4n) is 3.36. The molecule has 0 atom stereocenters. The molecule has 2 aromatic carbocycles. The van der Waals surface area contributed by atoms with Crippen LogP contribution >= 0.6 is 11.6 Å². The molecule has 0 N–H and O–H groups in total. The van der Waals surface area contributed by atoms with Crippen molar-refractivity contribution >= 4 is 17.4 Å². The molecule has 3 rings (SSSR count). The lowest BCUT2D eigenvalue weighted by Gasteiger charge is -2.14. The summed E-state index contributed by atoms with van der Waals surface area (Å²) in [6.07, 6.45) is -3.58. The molecule has 0 aliphatic rings. The second-order valence-electron chi connectivity index (χ2n) is 6.59. The first-order valence-corrected chi connectivity index (χ1v) is 9.40. The summed E-state index contributed by atoms with van der Waals surface area (Å²) in [5.41, 5.74) is 0.605. The molecule has 0 saturated heterocycles. The highest BCUT2D eigenvalue weighted by molar-refractivity contribution is 6.30. The normalized spacial score (nSPS) is 11.4. The van der Waals surface area contributed by atoms with Crippen LogP contribution in [0.15, 0.2) is 42.6 Å². The average molecular weight is 454 g/mol. The van der Waals surface area contributed by atoms with Gasteiger partial charge in [-0.25, -0.2) is 0 Å². The molecule has 1 heterocycles. The Morgan fingerprint density at radius 1 is 0.968 bits per heavy atom. The van der Waals surface area contributed by atoms with Crippen molar-refractivity contribution in [2.75, 3.05) is 21.3 Å². The van der Waals surface area contributed by atoms with E-state index in [1.807, 2.05) is 0 Å². The van der Waals surface area contributed by atoms with Crippen LogP contribution in [0.5, 0.6) is 17.2 Å². The zero-order chi connectivity index (χ0) is 22.9. The number of methoxy groups -OCH3 is 3. The highest BCUT2D eigenvalue weighted by Crippen LogP contribution is 2.43. The van der Waals surface area contributed by atoms with Crippen molar-refractivity contribution in [3.63, 3.8) is 0 Å². The van der Waals surface area contributed by atoms with Crippen molar-refractivity contribution in [2.24, 2.45) is 0 Å². The number of aromatic nitrogens is 1. The molecular weight excluding hydrogens is 435 g/mol. The quantitative estimate of drug-likeness (QED) is 0.437. The third-order valence-electron chi connectivity index (χ3n) is 4.82. The number of rotatable bonds is 6. The van der Waals surface area contributed by atoms with Gasteiger partial charge in [-0.2, -0.15) is 13.2 Å². The van der Waals surface area contributed by atoms with E-state index in [4.69, 9.17) is 25.8 Å². The number of carbonyl (C=O) groups is 1. The molecule has 0 fully saturated rings. The lowest BCUT2D eigenvalue weighted by atomic mass is 9.99. The van der Waals surface area contributed by atoms with Crippen LogP contribution in [-0.4, -0.2) is 37.9 Å². The predicted octanol–water partition coefficient (Wildman–Crippen LogP) is 5.88. The van der Waals surface area contributed by atoms with Crippen molar-refractivity contribution in [3.05, 3.63) is 58.9 Å². The maximum Gasteiger partial charge on any atom is 0.454 e. The molecule has 0 bridgehead atoms. The van der Waals surface area contributed by atoms with Gasteiger partial charge < -0.3 is 18.8 Å². The summed E-state index contributed by atoms with van der Waals surface area (Å²) in [5.74, 6) is -1.16. The third kappa shape index (κ3) is 4.20. The van der Waals surface area contributed by atoms with Crippen LogP contribution in [0.3, 0.4) is 0 Å². The first kappa shape index (κ1) is 22.6. The second-order valence-corrected chi connectivity index (χ2v) is 7.03. The Kier molecular flexibility index (Phi) is 6.22. The van der Waals surface area contributed by atoms with Crippen LogP contribution in [0.2, 0.25) is 5.02 Å². The summed E-state index contributed by atoms with van der Waals surface area (Å²) < 4.78 is 57.7. The van der Waals surface area contributed by atoms with Crippen LogP contribution in [0.25, 0.3) is 16.8 Å². The number of hydrogen-bond donors (Lipinski definition) is 0. The number of benzene rings is 2. The van der Waals surface area contributed by atoms with E-state index in [1.165, 1.54) is 51.1 Å². The van der Waals surface area contributed by atoms with Gasteiger partial charge in [0.15, 0.2) is 11.5 Å². The zero-order valence-electron chi connectivity index (χ0n) is 17.1. The first-order chi connectivity index (χ1) is 14.6. The van der Waals surface area contributed by atoms with E-state index in [-0.39, 0.29) is 28.5 Å².